The van der Waals surface area contributed by atoms with E-state index in [-0.39, 0.29) is 0 Å². The van der Waals surface area contributed by atoms with Crippen molar-refractivity contribution in [3.05, 3.63) is 34.9 Å². The zero-order valence-electron chi connectivity index (χ0n) is 11.1. The van der Waals surface area contributed by atoms with Gasteiger partial charge < -0.3 is 11.5 Å². The summed E-state index contributed by atoms with van der Waals surface area (Å²) in [7, 11) is 0. The quantitative estimate of drug-likeness (QED) is 0.774. The molecule has 2 rings (SSSR count). The van der Waals surface area contributed by atoms with E-state index in [1.54, 1.807) is 0 Å². The van der Waals surface area contributed by atoms with Crippen molar-refractivity contribution in [3.63, 3.8) is 0 Å². The fraction of sp³-hybridized carbons (Fsp3) is 0.429. The molecule has 2 amide bonds. The first-order valence-corrected chi connectivity index (χ1v) is 5.92. The molecule has 1 aromatic carbocycles. The first-order valence-electron chi connectivity index (χ1n) is 5.92. The van der Waals surface area contributed by atoms with Crippen molar-refractivity contribution < 1.29 is 9.59 Å². The maximum atomic E-state index is 10.4. The molecule has 1 aliphatic carbocycles. The molecule has 98 valence electrons. The van der Waals surface area contributed by atoms with Crippen LogP contribution in [0.15, 0.2) is 18.2 Å². The summed E-state index contributed by atoms with van der Waals surface area (Å²) >= 11 is 0. The normalized spacial score (nSPS) is 15.3. The first kappa shape index (κ1) is 14.2. The molecule has 0 unspecified atom stereocenters. The van der Waals surface area contributed by atoms with E-state index >= 15 is 0 Å². The molecule has 0 heterocycles. The third-order valence-corrected chi connectivity index (χ3v) is 3.06. The van der Waals surface area contributed by atoms with Crippen LogP contribution in [-0.2, 0) is 9.59 Å². The maximum absolute atomic E-state index is 10.4. The Bertz CT molecular complexity index is 410. The molecule has 0 radical (unpaired) electrons. The number of carbonyl (C=O) groups is 2. The smallest absolute Gasteiger partial charge is 0.233 e. The zero-order chi connectivity index (χ0) is 13.9. The molecule has 4 N–H and O–H groups in total. The second-order valence-electron chi connectivity index (χ2n) is 4.98. The summed E-state index contributed by atoms with van der Waals surface area (Å²) < 4.78 is 0. The number of amides is 2. The monoisotopic (exact) mass is 248 g/mol. The number of carbonyl (C=O) groups excluding carboxylic acids is 2. The Balaban J connectivity index is 0.000000180. The molecule has 0 saturated heterocycles. The molecule has 0 aromatic heterocycles. The van der Waals surface area contributed by atoms with E-state index in [2.05, 4.69) is 39.0 Å². The van der Waals surface area contributed by atoms with Gasteiger partial charge in [0, 0.05) is 0 Å². The van der Waals surface area contributed by atoms with Crippen LogP contribution in [0.3, 0.4) is 0 Å². The Morgan fingerprint density at radius 1 is 0.889 bits per heavy atom. The average molecular weight is 248 g/mol. The number of hydrogen-bond acceptors (Lipinski definition) is 2. The predicted molar refractivity (Wildman–Crippen MR) is 70.7 cm³/mol. The highest BCUT2D eigenvalue weighted by molar-refractivity contribution is 6.06. The summed E-state index contributed by atoms with van der Waals surface area (Å²) in [5, 5.41) is 0. The number of nitrogens with two attached hydrogens (primary N) is 2. The summed E-state index contributed by atoms with van der Waals surface area (Å²) in [6, 6.07) is 6.56. The summed E-state index contributed by atoms with van der Waals surface area (Å²) in [6.45, 7) is 6.38. The van der Waals surface area contributed by atoms with Crippen LogP contribution in [0.5, 0.6) is 0 Å². The summed E-state index contributed by atoms with van der Waals surface area (Å²) in [5.41, 5.74) is 12.9. The first-order chi connectivity index (χ1) is 8.28. The molecule has 18 heavy (non-hydrogen) atoms. The van der Waals surface area contributed by atoms with Gasteiger partial charge in [0.15, 0.2) is 0 Å². The van der Waals surface area contributed by atoms with Crippen LogP contribution in [0.1, 0.15) is 29.5 Å². The number of aryl methyl sites for hydroxylation is 3. The number of hydrogen-bond donors (Lipinski definition) is 2. The highest BCUT2D eigenvalue weighted by atomic mass is 16.2. The van der Waals surface area contributed by atoms with Crippen molar-refractivity contribution in [1.29, 1.82) is 0 Å². The van der Waals surface area contributed by atoms with Gasteiger partial charge in [-0.15, -0.1) is 0 Å². The molecule has 0 atom stereocenters. The number of benzene rings is 1. The minimum Gasteiger partial charge on any atom is -0.369 e. The minimum atomic E-state index is -0.972. The zero-order valence-corrected chi connectivity index (χ0v) is 11.1. The molecular formula is C14H20N2O2. The molecule has 1 saturated carbocycles. The van der Waals surface area contributed by atoms with Gasteiger partial charge in [-0.2, -0.15) is 0 Å². The fourth-order valence-corrected chi connectivity index (χ4v) is 1.94. The predicted octanol–water partition coefficient (Wildman–Crippen LogP) is 1.35. The second kappa shape index (κ2) is 5.21. The SMILES string of the molecule is Cc1cc(C)cc(C)c1.NC(=O)C1(C(N)=O)CC1. The lowest BCUT2D eigenvalue weighted by atomic mass is 10.1. The van der Waals surface area contributed by atoms with Crippen molar-refractivity contribution in [1.82, 2.24) is 0 Å². The van der Waals surface area contributed by atoms with Crippen molar-refractivity contribution >= 4 is 11.8 Å². The lowest BCUT2D eigenvalue weighted by Gasteiger charge is -2.02. The molecule has 0 bridgehead atoms. The Morgan fingerprint density at radius 2 is 1.17 bits per heavy atom. The molecule has 1 aromatic rings. The van der Waals surface area contributed by atoms with Gasteiger partial charge in [-0.25, -0.2) is 0 Å². The number of primary amides is 2. The molecule has 4 nitrogen and oxygen atoms in total. The van der Waals surface area contributed by atoms with Crippen molar-refractivity contribution in [2.45, 2.75) is 33.6 Å². The van der Waals surface area contributed by atoms with Gasteiger partial charge in [0.25, 0.3) is 0 Å². The summed E-state index contributed by atoms with van der Waals surface area (Å²) in [5.74, 6) is -1.18. The fourth-order valence-electron chi connectivity index (χ4n) is 1.94. The van der Waals surface area contributed by atoms with Gasteiger partial charge in [-0.05, 0) is 33.6 Å². The Morgan fingerprint density at radius 3 is 1.28 bits per heavy atom. The standard InChI is InChI=1S/C9H12.C5H8N2O2/c1-7-4-8(2)6-9(3)5-7;6-3(8)5(1-2-5)4(7)9/h4-6H,1-3H3;1-2H2,(H2,6,8)(H2,7,9). The highest BCUT2D eigenvalue weighted by Crippen LogP contribution is 2.44. The van der Waals surface area contributed by atoms with Crippen molar-refractivity contribution in [2.75, 3.05) is 0 Å². The van der Waals surface area contributed by atoms with Crippen LogP contribution < -0.4 is 11.5 Å². The van der Waals surface area contributed by atoms with E-state index < -0.39 is 17.2 Å². The van der Waals surface area contributed by atoms with Crippen molar-refractivity contribution in [2.24, 2.45) is 16.9 Å². The lowest BCUT2D eigenvalue weighted by Crippen LogP contribution is -2.36. The van der Waals surface area contributed by atoms with Crippen LogP contribution in [-0.4, -0.2) is 11.8 Å². The summed E-state index contributed by atoms with van der Waals surface area (Å²) in [6.07, 6.45) is 1.05. The van der Waals surface area contributed by atoms with Crippen molar-refractivity contribution in [3.8, 4) is 0 Å². The van der Waals surface area contributed by atoms with Gasteiger partial charge in [0.2, 0.25) is 11.8 Å². The van der Waals surface area contributed by atoms with Gasteiger partial charge in [-0.1, -0.05) is 34.9 Å². The minimum absolute atomic E-state index is 0.525. The van der Waals surface area contributed by atoms with Crippen LogP contribution in [0.2, 0.25) is 0 Å². The Hall–Kier alpha value is -1.84. The van der Waals surface area contributed by atoms with Crippen LogP contribution in [0, 0.1) is 26.2 Å². The van der Waals surface area contributed by atoms with Crippen LogP contribution in [0.25, 0.3) is 0 Å². The summed E-state index contributed by atoms with van der Waals surface area (Å²) in [4.78, 5) is 20.9. The highest BCUT2D eigenvalue weighted by Gasteiger charge is 2.54. The molecule has 0 aliphatic heterocycles. The Kier molecular flexibility index (Phi) is 4.11. The van der Waals surface area contributed by atoms with E-state index in [0.717, 1.165) is 0 Å². The van der Waals surface area contributed by atoms with E-state index in [9.17, 15) is 9.59 Å². The van der Waals surface area contributed by atoms with E-state index in [1.807, 2.05) is 0 Å². The topological polar surface area (TPSA) is 86.2 Å². The van der Waals surface area contributed by atoms with Gasteiger partial charge in [0.1, 0.15) is 5.41 Å². The molecule has 1 aliphatic rings. The van der Waals surface area contributed by atoms with E-state index in [4.69, 9.17) is 11.5 Å². The second-order valence-corrected chi connectivity index (χ2v) is 4.98. The molecule has 4 heteroatoms. The van der Waals surface area contributed by atoms with Gasteiger partial charge in [-0.3, -0.25) is 9.59 Å². The molecular weight excluding hydrogens is 228 g/mol. The average Bonchev–Trinajstić information content (AvgIpc) is 2.95. The lowest BCUT2D eigenvalue weighted by molar-refractivity contribution is -0.133. The molecule has 0 spiro atoms. The maximum Gasteiger partial charge on any atom is 0.233 e. The largest absolute Gasteiger partial charge is 0.369 e. The number of rotatable bonds is 2. The van der Waals surface area contributed by atoms with Crippen LogP contribution >= 0.6 is 0 Å². The van der Waals surface area contributed by atoms with Gasteiger partial charge >= 0.3 is 0 Å². The van der Waals surface area contributed by atoms with Crippen LogP contribution in [0.4, 0.5) is 0 Å². The molecule has 1 fully saturated rings. The Labute approximate surface area is 107 Å². The van der Waals surface area contributed by atoms with E-state index in [1.165, 1.54) is 16.7 Å². The van der Waals surface area contributed by atoms with E-state index in [0.29, 0.717) is 12.8 Å². The third-order valence-electron chi connectivity index (χ3n) is 3.06. The van der Waals surface area contributed by atoms with Gasteiger partial charge in [0.05, 0.1) is 0 Å². The third kappa shape index (κ3) is 3.32.